The fourth-order valence-corrected chi connectivity index (χ4v) is 4.22. The Balaban J connectivity index is 1.62. The Hall–Kier alpha value is -1.79. The summed E-state index contributed by atoms with van der Waals surface area (Å²) >= 11 is 0. The highest BCUT2D eigenvalue weighted by molar-refractivity contribution is 6.06. The molecule has 3 fully saturated rings. The Morgan fingerprint density at radius 2 is 1.50 bits per heavy atom. The first-order valence-electron chi connectivity index (χ1n) is 9.33. The number of carbonyl (C=O) groups excluding carboxylic acids is 3. The van der Waals surface area contributed by atoms with Crippen LogP contribution in [0.25, 0.3) is 0 Å². The van der Waals surface area contributed by atoms with Crippen molar-refractivity contribution in [2.24, 2.45) is 5.41 Å². The summed E-state index contributed by atoms with van der Waals surface area (Å²) in [7, 11) is 0. The molecule has 0 radical (unpaired) electrons. The smallest absolute Gasteiger partial charge is 0.410 e. The summed E-state index contributed by atoms with van der Waals surface area (Å²) in [5.41, 5.74) is -0.815. The fourth-order valence-electron chi connectivity index (χ4n) is 4.22. The molecular weight excluding hydrogens is 376 g/mol. The van der Waals surface area contributed by atoms with E-state index >= 15 is 0 Å². The summed E-state index contributed by atoms with van der Waals surface area (Å²) in [6.07, 6.45) is -10.8. The number of aliphatic hydroxyl groups excluding tert-OH is 5. The number of hydrogen-bond acceptors (Lipinski definition) is 9. The van der Waals surface area contributed by atoms with Crippen LogP contribution in [0.2, 0.25) is 0 Å². The molecule has 1 spiro atoms. The number of amides is 3. The molecule has 3 unspecified atom stereocenters. The molecule has 11 nitrogen and oxygen atoms in total. The van der Waals surface area contributed by atoms with Gasteiger partial charge in [-0.1, -0.05) is 0 Å². The van der Waals surface area contributed by atoms with Gasteiger partial charge in [-0.05, 0) is 19.8 Å². The summed E-state index contributed by atoms with van der Waals surface area (Å²) in [5.74, 6) is -0.454. The summed E-state index contributed by atoms with van der Waals surface area (Å²) in [6, 6.07) is 0. The second-order valence-electron chi connectivity index (χ2n) is 7.69. The number of likely N-dealkylation sites (tertiary alicyclic amines) is 2. The quantitative estimate of drug-likeness (QED) is 0.306. The Morgan fingerprint density at radius 1 is 1.00 bits per heavy atom. The van der Waals surface area contributed by atoms with E-state index in [0.717, 1.165) is 0 Å². The summed E-state index contributed by atoms with van der Waals surface area (Å²) in [6.45, 7) is 2.31. The number of rotatable bonds is 2. The van der Waals surface area contributed by atoms with Gasteiger partial charge in [0.25, 0.3) is 0 Å². The lowest BCUT2D eigenvalue weighted by Crippen LogP contribution is -2.65. The first-order valence-corrected chi connectivity index (χ1v) is 9.33. The van der Waals surface area contributed by atoms with Gasteiger partial charge in [-0.3, -0.25) is 14.5 Å². The molecule has 3 amide bonds. The Bertz CT molecular complexity index is 633. The third-order valence-electron chi connectivity index (χ3n) is 6.09. The van der Waals surface area contributed by atoms with Crippen LogP contribution in [0.5, 0.6) is 0 Å². The number of nitrogens with zero attached hydrogens (tertiary/aromatic N) is 2. The van der Waals surface area contributed by atoms with Crippen LogP contribution in [0.3, 0.4) is 0 Å². The van der Waals surface area contributed by atoms with Gasteiger partial charge < -0.3 is 35.2 Å². The van der Waals surface area contributed by atoms with Crippen molar-refractivity contribution in [2.45, 2.75) is 62.8 Å². The van der Waals surface area contributed by atoms with E-state index < -0.39 is 48.1 Å². The number of carbonyl (C=O) groups is 3. The average Bonchev–Trinajstić information content (AvgIpc) is 2.91. The van der Waals surface area contributed by atoms with Crippen molar-refractivity contribution in [1.82, 2.24) is 9.80 Å². The lowest BCUT2D eigenvalue weighted by molar-refractivity contribution is -0.224. The zero-order chi connectivity index (χ0) is 20.8. The van der Waals surface area contributed by atoms with Gasteiger partial charge in [-0.25, -0.2) is 4.79 Å². The highest BCUT2D eigenvalue weighted by atomic mass is 16.6. The maximum atomic E-state index is 12.5. The van der Waals surface area contributed by atoms with E-state index in [9.17, 15) is 39.9 Å². The van der Waals surface area contributed by atoms with Gasteiger partial charge in [0.2, 0.25) is 11.8 Å². The molecule has 11 heteroatoms. The van der Waals surface area contributed by atoms with E-state index in [-0.39, 0.29) is 44.2 Å². The Labute approximate surface area is 161 Å². The number of piperidine rings is 1. The molecule has 0 aromatic carbocycles. The van der Waals surface area contributed by atoms with Gasteiger partial charge in [-0.2, -0.15) is 0 Å². The molecule has 0 aromatic heterocycles. The predicted octanol–water partition coefficient (Wildman–Crippen LogP) is -2.83. The first kappa shape index (κ1) is 20.9. The number of imide groups is 1. The molecule has 0 bridgehead atoms. The highest BCUT2D eigenvalue weighted by Crippen LogP contribution is 2.42. The molecule has 2 aliphatic heterocycles. The number of hydrogen-bond donors (Lipinski definition) is 5. The van der Waals surface area contributed by atoms with Crippen molar-refractivity contribution >= 4 is 17.9 Å². The normalized spacial score (nSPS) is 38.2. The topological polar surface area (TPSA) is 168 Å². The molecule has 1 saturated carbocycles. The molecule has 158 valence electrons. The molecular formula is C17H26N2O9. The summed E-state index contributed by atoms with van der Waals surface area (Å²) in [4.78, 5) is 39.4. The largest absolute Gasteiger partial charge is 0.440 e. The maximum Gasteiger partial charge on any atom is 0.410 e. The van der Waals surface area contributed by atoms with E-state index in [4.69, 9.17) is 4.74 Å². The first-order chi connectivity index (χ1) is 13.1. The van der Waals surface area contributed by atoms with Crippen LogP contribution >= 0.6 is 0 Å². The minimum atomic E-state index is -1.79. The van der Waals surface area contributed by atoms with Crippen molar-refractivity contribution < 1.29 is 44.7 Å². The van der Waals surface area contributed by atoms with Gasteiger partial charge >= 0.3 is 6.09 Å². The SMILES string of the molecule is CCN1C(=O)CC2(CCN(C(=O)O[C@@H]3C(O)C(O)[C@H](O)[C@H](O)C3O)CC2)C1=O. The Kier molecular flexibility index (Phi) is 5.65. The molecule has 2 saturated heterocycles. The van der Waals surface area contributed by atoms with Crippen LogP contribution in [0, 0.1) is 5.41 Å². The van der Waals surface area contributed by atoms with Crippen LogP contribution in [0.4, 0.5) is 4.79 Å². The van der Waals surface area contributed by atoms with Crippen LogP contribution in [-0.2, 0) is 14.3 Å². The van der Waals surface area contributed by atoms with E-state index in [2.05, 4.69) is 0 Å². The molecule has 28 heavy (non-hydrogen) atoms. The van der Waals surface area contributed by atoms with Crippen LogP contribution in [0.1, 0.15) is 26.2 Å². The minimum Gasteiger partial charge on any atom is -0.440 e. The van der Waals surface area contributed by atoms with Gasteiger partial charge in [0, 0.05) is 26.1 Å². The highest BCUT2D eigenvalue weighted by Gasteiger charge is 2.54. The van der Waals surface area contributed by atoms with Gasteiger partial charge in [-0.15, -0.1) is 0 Å². The Morgan fingerprint density at radius 3 is 1.96 bits per heavy atom. The second kappa shape index (κ2) is 7.56. The molecule has 2 heterocycles. The number of ether oxygens (including phenoxy) is 1. The van der Waals surface area contributed by atoms with E-state index in [1.807, 2.05) is 0 Å². The van der Waals surface area contributed by atoms with Crippen molar-refractivity contribution in [3.8, 4) is 0 Å². The predicted molar refractivity (Wildman–Crippen MR) is 90.6 cm³/mol. The monoisotopic (exact) mass is 402 g/mol. The van der Waals surface area contributed by atoms with Gasteiger partial charge in [0.1, 0.15) is 30.5 Å². The van der Waals surface area contributed by atoms with Crippen molar-refractivity contribution in [2.75, 3.05) is 19.6 Å². The van der Waals surface area contributed by atoms with E-state index in [0.29, 0.717) is 6.54 Å². The minimum absolute atomic E-state index is 0.110. The van der Waals surface area contributed by atoms with Crippen LogP contribution in [0.15, 0.2) is 0 Å². The standard InChI is InChI=1S/C17H26N2O9/c1-2-19-8(20)7-17(15(19)26)3-5-18(6-4-17)16(27)28-14-12(24)10(22)9(21)11(23)13(14)25/h9-14,21-25H,2-7H2,1H3/t9-,10+,11?,12?,13?,14+/m1/s1. The third kappa shape index (κ3) is 3.26. The van der Waals surface area contributed by atoms with Crippen molar-refractivity contribution in [3.63, 3.8) is 0 Å². The average molecular weight is 402 g/mol. The summed E-state index contributed by atoms with van der Waals surface area (Å²) < 4.78 is 5.08. The van der Waals surface area contributed by atoms with Crippen LogP contribution in [-0.4, -0.2) is 109 Å². The van der Waals surface area contributed by atoms with Crippen molar-refractivity contribution in [3.05, 3.63) is 0 Å². The van der Waals surface area contributed by atoms with Gasteiger partial charge in [0.05, 0.1) is 5.41 Å². The zero-order valence-electron chi connectivity index (χ0n) is 15.5. The van der Waals surface area contributed by atoms with E-state index in [1.54, 1.807) is 6.92 Å². The second-order valence-corrected chi connectivity index (χ2v) is 7.69. The number of aliphatic hydroxyl groups is 5. The van der Waals surface area contributed by atoms with Crippen LogP contribution < -0.4 is 0 Å². The molecule has 3 rings (SSSR count). The molecule has 1 aliphatic carbocycles. The summed E-state index contributed by atoms with van der Waals surface area (Å²) in [5, 5.41) is 48.9. The van der Waals surface area contributed by atoms with Crippen molar-refractivity contribution in [1.29, 1.82) is 0 Å². The fraction of sp³-hybridized carbons (Fsp3) is 0.824. The maximum absolute atomic E-state index is 12.5. The molecule has 3 aliphatic rings. The lowest BCUT2D eigenvalue weighted by atomic mass is 9.77. The zero-order valence-corrected chi connectivity index (χ0v) is 15.5. The molecule has 5 N–H and O–H groups in total. The lowest BCUT2D eigenvalue weighted by Gasteiger charge is -2.42. The molecule has 0 aromatic rings. The third-order valence-corrected chi connectivity index (χ3v) is 6.09. The van der Waals surface area contributed by atoms with Gasteiger partial charge in [0.15, 0.2) is 6.10 Å². The molecule has 6 atom stereocenters. The van der Waals surface area contributed by atoms with E-state index in [1.165, 1.54) is 9.80 Å².